The molecule has 0 saturated carbocycles. The number of nitro groups is 1. The Morgan fingerprint density at radius 1 is 1.30 bits per heavy atom. The molecule has 37 heavy (non-hydrogen) atoms. The maximum absolute atomic E-state index is 13.1. The number of carbonyl (C=O) groups is 2. The first-order valence-electron chi connectivity index (χ1n) is 11.8. The lowest BCUT2D eigenvalue weighted by molar-refractivity contribution is -0.384. The largest absolute Gasteiger partial charge is 0.508 e. The van der Waals surface area contributed by atoms with E-state index in [9.17, 15) is 24.8 Å². The smallest absolute Gasteiger partial charge is 0.328 e. The molecule has 0 spiro atoms. The quantitative estimate of drug-likeness (QED) is 0.128. The molecule has 3 rings (SSSR count). The number of nitrogens with two attached hydrogens (primary N) is 1. The Morgan fingerprint density at radius 2 is 2.00 bits per heavy atom. The van der Waals surface area contributed by atoms with Gasteiger partial charge < -0.3 is 30.5 Å². The Labute approximate surface area is 214 Å². The van der Waals surface area contributed by atoms with Crippen molar-refractivity contribution in [3.63, 3.8) is 0 Å². The van der Waals surface area contributed by atoms with Crippen LogP contribution in [-0.2, 0) is 16.0 Å². The molecular weight excluding hydrogens is 482 g/mol. The van der Waals surface area contributed by atoms with Gasteiger partial charge in [0.15, 0.2) is 5.96 Å². The molecule has 12 heteroatoms. The monoisotopic (exact) mass is 513 g/mol. The Morgan fingerprint density at radius 3 is 2.62 bits per heavy atom. The Bertz CT molecular complexity index is 1180. The Kier molecular flexibility index (Phi) is 8.88. The van der Waals surface area contributed by atoms with Crippen LogP contribution in [0.1, 0.15) is 34.3 Å². The summed E-state index contributed by atoms with van der Waals surface area (Å²) >= 11 is 0. The number of amides is 1. The number of piperidine rings is 1. The molecule has 0 aliphatic carbocycles. The van der Waals surface area contributed by atoms with E-state index in [0.717, 1.165) is 0 Å². The first-order chi connectivity index (χ1) is 17.6. The Balaban J connectivity index is 1.70. The van der Waals surface area contributed by atoms with Gasteiger partial charge in [0.2, 0.25) is 0 Å². The maximum atomic E-state index is 13.1. The zero-order valence-corrected chi connectivity index (χ0v) is 20.7. The predicted octanol–water partition coefficient (Wildman–Crippen LogP) is 2.11. The molecule has 1 atom stereocenters. The molecule has 0 aromatic heterocycles. The standard InChI is InChI=1S/C25H31N5O7/c1-15-20(31)13-18(14-21(15)37-11-8-16-4-3-5-19(12-16)30(34)35)23(32)28-22(24(33)36-2)17-6-9-29(10-7-17)25(26)27/h3-5,12-14,17,22,31H,6-11H2,1-2H3,(H3,26,27)(H,28,32). The number of carbonyl (C=O) groups excluding carboxylic acids is 2. The summed E-state index contributed by atoms with van der Waals surface area (Å²) < 4.78 is 10.7. The fourth-order valence-corrected chi connectivity index (χ4v) is 4.25. The number of phenolic OH excluding ortho intramolecular Hbond substituents is 1. The van der Waals surface area contributed by atoms with Crippen LogP contribution in [0.15, 0.2) is 36.4 Å². The van der Waals surface area contributed by atoms with Crippen LogP contribution >= 0.6 is 0 Å². The lowest BCUT2D eigenvalue weighted by atomic mass is 9.89. The highest BCUT2D eigenvalue weighted by atomic mass is 16.6. The minimum absolute atomic E-state index is 0.0166. The van der Waals surface area contributed by atoms with E-state index < -0.39 is 22.8 Å². The topological polar surface area (TPSA) is 181 Å². The van der Waals surface area contributed by atoms with Crippen LogP contribution in [0.25, 0.3) is 0 Å². The van der Waals surface area contributed by atoms with Gasteiger partial charge in [0.25, 0.3) is 11.6 Å². The SMILES string of the molecule is COC(=O)C(NC(=O)c1cc(O)c(C)c(OCCc2cccc([N+](=O)[O-])c2)c1)C1CCN(C(=N)N)CC1. The van der Waals surface area contributed by atoms with Gasteiger partial charge >= 0.3 is 5.97 Å². The molecule has 1 saturated heterocycles. The average Bonchev–Trinajstić information content (AvgIpc) is 2.89. The molecule has 0 radical (unpaired) electrons. The van der Waals surface area contributed by atoms with Crippen molar-refractivity contribution in [2.45, 2.75) is 32.2 Å². The summed E-state index contributed by atoms with van der Waals surface area (Å²) in [5.41, 5.74) is 6.76. The van der Waals surface area contributed by atoms with Gasteiger partial charge in [-0.3, -0.25) is 20.3 Å². The van der Waals surface area contributed by atoms with E-state index in [1.54, 1.807) is 24.0 Å². The first-order valence-corrected chi connectivity index (χ1v) is 11.8. The molecule has 5 N–H and O–H groups in total. The summed E-state index contributed by atoms with van der Waals surface area (Å²) in [7, 11) is 1.25. The highest BCUT2D eigenvalue weighted by molar-refractivity contribution is 5.97. The van der Waals surface area contributed by atoms with Crippen molar-refractivity contribution in [3.8, 4) is 11.5 Å². The number of methoxy groups -OCH3 is 1. The molecule has 0 bridgehead atoms. The summed E-state index contributed by atoms with van der Waals surface area (Å²) in [5, 5.41) is 31.7. The lowest BCUT2D eigenvalue weighted by Crippen LogP contribution is -2.51. The van der Waals surface area contributed by atoms with Gasteiger partial charge in [-0.2, -0.15) is 0 Å². The summed E-state index contributed by atoms with van der Waals surface area (Å²) in [4.78, 5) is 37.8. The number of hydrogen-bond acceptors (Lipinski definition) is 8. The number of guanidine groups is 1. The Hall–Kier alpha value is -4.35. The molecule has 1 amide bonds. The van der Waals surface area contributed by atoms with Gasteiger partial charge in [0.1, 0.15) is 17.5 Å². The van der Waals surface area contributed by atoms with Crippen molar-refractivity contribution >= 4 is 23.5 Å². The molecule has 12 nitrogen and oxygen atoms in total. The van der Waals surface area contributed by atoms with Gasteiger partial charge in [-0.15, -0.1) is 0 Å². The number of aromatic hydroxyl groups is 1. The molecule has 1 aliphatic heterocycles. The lowest BCUT2D eigenvalue weighted by Gasteiger charge is -2.35. The molecular formula is C25H31N5O7. The van der Waals surface area contributed by atoms with E-state index in [-0.39, 0.29) is 41.2 Å². The maximum Gasteiger partial charge on any atom is 0.328 e. The van der Waals surface area contributed by atoms with Crippen LogP contribution in [0, 0.1) is 28.4 Å². The molecule has 1 aliphatic rings. The van der Waals surface area contributed by atoms with Gasteiger partial charge in [0, 0.05) is 42.8 Å². The van der Waals surface area contributed by atoms with Crippen LogP contribution in [-0.4, -0.2) is 65.6 Å². The van der Waals surface area contributed by atoms with Crippen molar-refractivity contribution in [3.05, 3.63) is 63.2 Å². The number of rotatable bonds is 9. The zero-order chi connectivity index (χ0) is 27.1. The highest BCUT2D eigenvalue weighted by Gasteiger charge is 2.34. The minimum Gasteiger partial charge on any atom is -0.508 e. The van der Waals surface area contributed by atoms with Crippen molar-refractivity contribution in [2.24, 2.45) is 11.7 Å². The van der Waals surface area contributed by atoms with Gasteiger partial charge in [-0.1, -0.05) is 12.1 Å². The van der Waals surface area contributed by atoms with Crippen molar-refractivity contribution in [1.29, 1.82) is 5.41 Å². The number of nitro benzene ring substituents is 1. The van der Waals surface area contributed by atoms with Crippen LogP contribution in [0.4, 0.5) is 5.69 Å². The third-order valence-corrected chi connectivity index (χ3v) is 6.46. The number of hydrogen-bond donors (Lipinski definition) is 4. The summed E-state index contributed by atoms with van der Waals surface area (Å²) in [5.74, 6) is -1.29. The number of phenols is 1. The number of esters is 1. The summed E-state index contributed by atoms with van der Waals surface area (Å²) in [6.45, 7) is 2.76. The average molecular weight is 514 g/mol. The minimum atomic E-state index is -0.909. The second-order valence-corrected chi connectivity index (χ2v) is 8.83. The molecule has 2 aromatic carbocycles. The fourth-order valence-electron chi connectivity index (χ4n) is 4.25. The van der Waals surface area contributed by atoms with Gasteiger partial charge in [-0.25, -0.2) is 4.79 Å². The van der Waals surface area contributed by atoms with E-state index in [1.165, 1.54) is 31.4 Å². The van der Waals surface area contributed by atoms with E-state index in [4.69, 9.17) is 20.6 Å². The second-order valence-electron chi connectivity index (χ2n) is 8.83. The van der Waals surface area contributed by atoms with E-state index in [1.807, 2.05) is 0 Å². The molecule has 2 aromatic rings. The molecule has 1 unspecified atom stereocenters. The predicted molar refractivity (Wildman–Crippen MR) is 135 cm³/mol. The fraction of sp³-hybridized carbons (Fsp3) is 0.400. The van der Waals surface area contributed by atoms with Crippen LogP contribution in [0.2, 0.25) is 0 Å². The third-order valence-electron chi connectivity index (χ3n) is 6.46. The normalized spacial score (nSPS) is 14.5. The number of non-ortho nitro benzene ring substituents is 1. The summed E-state index contributed by atoms with van der Waals surface area (Å²) in [6.07, 6.45) is 1.44. The van der Waals surface area contributed by atoms with E-state index in [0.29, 0.717) is 43.5 Å². The first kappa shape index (κ1) is 27.2. The molecule has 1 fully saturated rings. The number of benzene rings is 2. The van der Waals surface area contributed by atoms with E-state index in [2.05, 4.69) is 5.32 Å². The number of nitrogens with one attached hydrogen (secondary N) is 2. The van der Waals surface area contributed by atoms with Crippen molar-refractivity contribution in [2.75, 3.05) is 26.8 Å². The van der Waals surface area contributed by atoms with Crippen molar-refractivity contribution in [1.82, 2.24) is 10.2 Å². The van der Waals surface area contributed by atoms with Gasteiger partial charge in [0.05, 0.1) is 18.6 Å². The third kappa shape index (κ3) is 6.87. The number of nitrogens with zero attached hydrogens (tertiary/aromatic N) is 2. The summed E-state index contributed by atoms with van der Waals surface area (Å²) in [6, 6.07) is 8.08. The number of ether oxygens (including phenoxy) is 2. The molecule has 198 valence electrons. The van der Waals surface area contributed by atoms with Crippen LogP contribution < -0.4 is 15.8 Å². The highest BCUT2D eigenvalue weighted by Crippen LogP contribution is 2.30. The van der Waals surface area contributed by atoms with E-state index >= 15 is 0 Å². The second kappa shape index (κ2) is 12.1. The number of likely N-dealkylation sites (tertiary alicyclic amines) is 1. The van der Waals surface area contributed by atoms with Crippen LogP contribution in [0.5, 0.6) is 11.5 Å². The van der Waals surface area contributed by atoms with Crippen molar-refractivity contribution < 1.29 is 29.1 Å². The van der Waals surface area contributed by atoms with Gasteiger partial charge in [-0.05, 0) is 43.4 Å². The molecule has 1 heterocycles. The zero-order valence-electron chi connectivity index (χ0n) is 20.7. The van der Waals surface area contributed by atoms with Crippen LogP contribution in [0.3, 0.4) is 0 Å².